The first-order valence-electron chi connectivity index (χ1n) is 11.8. The maximum absolute atomic E-state index is 5.79. The van der Waals surface area contributed by atoms with Gasteiger partial charge in [0.25, 0.3) is 0 Å². The van der Waals surface area contributed by atoms with Crippen LogP contribution in [0, 0.1) is 12.8 Å². The van der Waals surface area contributed by atoms with E-state index in [1.165, 1.54) is 18.5 Å². The van der Waals surface area contributed by atoms with Gasteiger partial charge in [0.2, 0.25) is 0 Å². The second kappa shape index (κ2) is 9.47. The molecule has 2 aromatic heterocycles. The number of rotatable bonds is 8. The number of fused-ring (bicyclic) bond motifs is 1. The maximum atomic E-state index is 5.79. The van der Waals surface area contributed by atoms with Gasteiger partial charge in [-0.2, -0.15) is 5.10 Å². The van der Waals surface area contributed by atoms with Gasteiger partial charge in [0, 0.05) is 25.8 Å². The first-order chi connectivity index (χ1) is 16.1. The van der Waals surface area contributed by atoms with Gasteiger partial charge >= 0.3 is 0 Å². The summed E-state index contributed by atoms with van der Waals surface area (Å²) < 4.78 is 19.3. The Hall–Kier alpha value is -2.38. The van der Waals surface area contributed by atoms with Crippen LogP contribution >= 0.6 is 11.8 Å². The minimum absolute atomic E-state index is 0.491. The second-order valence-electron chi connectivity index (χ2n) is 9.05. The first kappa shape index (κ1) is 22.4. The van der Waals surface area contributed by atoms with Crippen LogP contribution in [0.4, 0.5) is 5.69 Å². The molecule has 3 aromatic rings. The number of thioether (sulfide) groups is 1. The molecule has 0 N–H and O–H groups in total. The Kier molecular flexibility index (Phi) is 6.43. The van der Waals surface area contributed by atoms with Crippen LogP contribution in [0.1, 0.15) is 31.2 Å². The number of aryl methyl sites for hydroxylation is 1. The van der Waals surface area contributed by atoms with Gasteiger partial charge in [-0.15, -0.1) is 11.8 Å². The topological polar surface area (TPSA) is 48.2 Å². The Morgan fingerprint density at radius 3 is 2.39 bits per heavy atom. The molecule has 0 amide bonds. The number of aromatic nitrogens is 2. The van der Waals surface area contributed by atoms with E-state index >= 15 is 0 Å². The number of anilines is 1. The van der Waals surface area contributed by atoms with Gasteiger partial charge < -0.3 is 19.1 Å². The molecule has 176 valence electrons. The standard InChI is InChI=1S/C26H33N3O3S/c1-17-14-22(30-2)24(23(15-17)31-3)20-6-5-7-21-25(26(33-4)27-29(20)21)28(16-18-8-9-18)19-10-12-32-13-11-19/h5-7,14-15,18-19H,8-13,16H2,1-4H3. The lowest BCUT2D eigenvalue weighted by Gasteiger charge is -2.36. The largest absolute Gasteiger partial charge is 0.496 e. The van der Waals surface area contributed by atoms with E-state index < -0.39 is 0 Å². The fourth-order valence-corrected chi connectivity index (χ4v) is 5.51. The summed E-state index contributed by atoms with van der Waals surface area (Å²) in [4.78, 5) is 2.64. The van der Waals surface area contributed by atoms with Gasteiger partial charge in [0.05, 0.1) is 36.7 Å². The van der Waals surface area contributed by atoms with Gasteiger partial charge in [-0.05, 0) is 74.6 Å². The summed E-state index contributed by atoms with van der Waals surface area (Å²) >= 11 is 1.72. The number of hydrogen-bond acceptors (Lipinski definition) is 6. The Morgan fingerprint density at radius 1 is 1.09 bits per heavy atom. The third kappa shape index (κ3) is 4.28. The van der Waals surface area contributed by atoms with Crippen molar-refractivity contribution in [1.82, 2.24) is 9.61 Å². The molecule has 0 spiro atoms. The van der Waals surface area contributed by atoms with E-state index in [-0.39, 0.29) is 0 Å². The van der Waals surface area contributed by atoms with Gasteiger partial charge in [0.15, 0.2) is 0 Å². The highest BCUT2D eigenvalue weighted by atomic mass is 32.2. The molecule has 0 atom stereocenters. The van der Waals surface area contributed by atoms with Crippen LogP contribution in [0.2, 0.25) is 0 Å². The summed E-state index contributed by atoms with van der Waals surface area (Å²) in [5, 5.41) is 6.19. The molecule has 7 heteroatoms. The van der Waals surface area contributed by atoms with Crippen LogP contribution in [0.25, 0.3) is 16.8 Å². The van der Waals surface area contributed by atoms with E-state index in [1.807, 2.05) is 0 Å². The van der Waals surface area contributed by atoms with Crippen molar-refractivity contribution in [3.63, 3.8) is 0 Å². The number of benzene rings is 1. The van der Waals surface area contributed by atoms with E-state index in [2.05, 4.69) is 52.9 Å². The minimum atomic E-state index is 0.491. The average Bonchev–Trinajstić information content (AvgIpc) is 3.60. The predicted octanol–water partition coefficient (Wildman–Crippen LogP) is 5.44. The lowest BCUT2D eigenvalue weighted by Crippen LogP contribution is -2.41. The Bertz CT molecular complexity index is 1110. The molecule has 5 rings (SSSR count). The monoisotopic (exact) mass is 467 g/mol. The normalized spacial score (nSPS) is 16.8. The van der Waals surface area contributed by atoms with Crippen molar-refractivity contribution in [3.8, 4) is 22.8 Å². The molecule has 1 aromatic carbocycles. The molecule has 2 aliphatic rings. The SMILES string of the molecule is COc1cc(C)cc(OC)c1-c1cccc2c(N(CC3CC3)C3CCOCC3)c(SC)nn12. The van der Waals surface area contributed by atoms with Crippen molar-refractivity contribution in [2.45, 2.75) is 43.7 Å². The van der Waals surface area contributed by atoms with Crippen molar-refractivity contribution in [2.24, 2.45) is 5.92 Å². The van der Waals surface area contributed by atoms with Crippen LogP contribution in [0.5, 0.6) is 11.5 Å². The number of methoxy groups -OCH3 is 2. The lowest BCUT2D eigenvalue weighted by atomic mass is 10.0. The highest BCUT2D eigenvalue weighted by Crippen LogP contribution is 2.43. The fraction of sp³-hybridized carbons (Fsp3) is 0.500. The molecular formula is C26H33N3O3S. The summed E-state index contributed by atoms with van der Waals surface area (Å²) in [6.45, 7) is 4.82. The molecule has 0 bridgehead atoms. The number of hydrogen-bond donors (Lipinski definition) is 0. The maximum Gasteiger partial charge on any atom is 0.142 e. The Balaban J connectivity index is 1.70. The van der Waals surface area contributed by atoms with Crippen LogP contribution < -0.4 is 14.4 Å². The third-order valence-corrected chi connectivity index (χ3v) is 7.43. The molecule has 0 unspecified atom stereocenters. The van der Waals surface area contributed by atoms with E-state index in [9.17, 15) is 0 Å². The molecule has 33 heavy (non-hydrogen) atoms. The molecule has 0 radical (unpaired) electrons. The van der Waals surface area contributed by atoms with Gasteiger partial charge in [-0.1, -0.05) is 6.07 Å². The molecule has 1 saturated heterocycles. The molecule has 6 nitrogen and oxygen atoms in total. The van der Waals surface area contributed by atoms with Crippen LogP contribution in [0.15, 0.2) is 35.4 Å². The van der Waals surface area contributed by atoms with Crippen molar-refractivity contribution in [3.05, 3.63) is 35.9 Å². The Morgan fingerprint density at radius 2 is 1.79 bits per heavy atom. The number of pyridine rings is 1. The van der Waals surface area contributed by atoms with Crippen LogP contribution in [0.3, 0.4) is 0 Å². The fourth-order valence-electron chi connectivity index (χ4n) is 4.93. The lowest BCUT2D eigenvalue weighted by molar-refractivity contribution is 0.0841. The van der Waals surface area contributed by atoms with E-state index in [1.54, 1.807) is 26.0 Å². The van der Waals surface area contributed by atoms with Gasteiger partial charge in [0.1, 0.15) is 16.5 Å². The van der Waals surface area contributed by atoms with Crippen molar-refractivity contribution in [2.75, 3.05) is 45.1 Å². The molecular weight excluding hydrogens is 434 g/mol. The summed E-state index contributed by atoms with van der Waals surface area (Å²) in [7, 11) is 3.42. The Labute approximate surface area is 200 Å². The number of nitrogens with zero attached hydrogens (tertiary/aromatic N) is 3. The molecule has 3 heterocycles. The van der Waals surface area contributed by atoms with Crippen molar-refractivity contribution >= 4 is 23.0 Å². The first-order valence-corrected chi connectivity index (χ1v) is 13.0. The highest BCUT2D eigenvalue weighted by Gasteiger charge is 2.33. The highest BCUT2D eigenvalue weighted by molar-refractivity contribution is 7.98. The summed E-state index contributed by atoms with van der Waals surface area (Å²) in [5.41, 5.74) is 5.39. The van der Waals surface area contributed by atoms with E-state index in [0.29, 0.717) is 6.04 Å². The van der Waals surface area contributed by atoms with Crippen molar-refractivity contribution in [1.29, 1.82) is 0 Å². The van der Waals surface area contributed by atoms with E-state index in [0.717, 1.165) is 77.4 Å². The van der Waals surface area contributed by atoms with Crippen LogP contribution in [-0.2, 0) is 4.74 Å². The zero-order chi connectivity index (χ0) is 22.9. The quantitative estimate of drug-likeness (QED) is 0.411. The van der Waals surface area contributed by atoms with Gasteiger partial charge in [-0.3, -0.25) is 0 Å². The molecule has 1 aliphatic heterocycles. The molecule has 2 fully saturated rings. The molecule has 1 saturated carbocycles. The van der Waals surface area contributed by atoms with Crippen LogP contribution in [-0.4, -0.2) is 55.9 Å². The third-order valence-electron chi connectivity index (χ3n) is 6.77. The smallest absolute Gasteiger partial charge is 0.142 e. The van der Waals surface area contributed by atoms with Crippen molar-refractivity contribution < 1.29 is 14.2 Å². The summed E-state index contributed by atoms with van der Waals surface area (Å²) in [6.07, 6.45) is 6.92. The number of ether oxygens (including phenoxy) is 3. The summed E-state index contributed by atoms with van der Waals surface area (Å²) in [5.74, 6) is 2.38. The zero-order valence-corrected chi connectivity index (χ0v) is 20.8. The van der Waals surface area contributed by atoms with Gasteiger partial charge in [-0.25, -0.2) is 4.52 Å². The second-order valence-corrected chi connectivity index (χ2v) is 9.84. The van der Waals surface area contributed by atoms with E-state index in [4.69, 9.17) is 19.3 Å². The average molecular weight is 468 g/mol. The minimum Gasteiger partial charge on any atom is -0.496 e. The zero-order valence-electron chi connectivity index (χ0n) is 20.0. The predicted molar refractivity (Wildman–Crippen MR) is 134 cm³/mol. The molecule has 1 aliphatic carbocycles. The summed E-state index contributed by atoms with van der Waals surface area (Å²) in [6, 6.07) is 11.0.